The summed E-state index contributed by atoms with van der Waals surface area (Å²) in [4.78, 5) is 11.9. The second kappa shape index (κ2) is 5.48. The zero-order chi connectivity index (χ0) is 13.1. The molecule has 3 N–H and O–H groups in total. The quantitative estimate of drug-likeness (QED) is 0.705. The monoisotopic (exact) mass is 251 g/mol. The first kappa shape index (κ1) is 13.0. The lowest BCUT2D eigenvalue weighted by Crippen LogP contribution is -2.54. The number of carbonyl (C=O) groups is 1. The molecule has 0 aromatic heterocycles. The number of nitrogens with one attached hydrogen (secondary N) is 1. The molecule has 1 aromatic carbocycles. The van der Waals surface area contributed by atoms with Gasteiger partial charge in [0, 0.05) is 12.0 Å². The Bertz CT molecular complexity index is 409. The van der Waals surface area contributed by atoms with E-state index in [1.165, 1.54) is 0 Å². The van der Waals surface area contributed by atoms with Crippen molar-refractivity contribution in [2.24, 2.45) is 0 Å². The lowest BCUT2D eigenvalue weighted by atomic mass is 9.99. The average Bonchev–Trinajstić information content (AvgIpc) is 2.36. The smallest absolute Gasteiger partial charge is 0.251 e. The number of aliphatic hydroxyl groups is 2. The number of rotatable bonds is 2. The SMILES string of the molecule is C[C@H]1OC(O)C[C@@H](NC(=O)c2ccccc2)[C@H]1O. The first-order valence-corrected chi connectivity index (χ1v) is 5.95. The summed E-state index contributed by atoms with van der Waals surface area (Å²) < 4.78 is 5.07. The fourth-order valence-electron chi connectivity index (χ4n) is 2.05. The van der Waals surface area contributed by atoms with Crippen LogP contribution in [0, 0.1) is 0 Å². The van der Waals surface area contributed by atoms with E-state index in [-0.39, 0.29) is 12.3 Å². The van der Waals surface area contributed by atoms with Gasteiger partial charge in [-0.3, -0.25) is 4.79 Å². The summed E-state index contributed by atoms with van der Waals surface area (Å²) in [6.45, 7) is 1.66. The molecule has 1 unspecified atom stereocenters. The van der Waals surface area contributed by atoms with E-state index in [1.54, 1.807) is 31.2 Å². The van der Waals surface area contributed by atoms with Crippen LogP contribution in [0.3, 0.4) is 0 Å². The molecule has 5 nitrogen and oxygen atoms in total. The number of aliphatic hydroxyl groups excluding tert-OH is 2. The van der Waals surface area contributed by atoms with Crippen molar-refractivity contribution in [3.63, 3.8) is 0 Å². The third-order valence-corrected chi connectivity index (χ3v) is 3.07. The maximum atomic E-state index is 11.9. The minimum Gasteiger partial charge on any atom is -0.388 e. The molecule has 1 aliphatic heterocycles. The van der Waals surface area contributed by atoms with Crippen LogP contribution in [-0.4, -0.2) is 40.7 Å². The average molecular weight is 251 g/mol. The first-order chi connectivity index (χ1) is 8.58. The topological polar surface area (TPSA) is 78.8 Å². The maximum Gasteiger partial charge on any atom is 0.251 e. The van der Waals surface area contributed by atoms with Crippen LogP contribution >= 0.6 is 0 Å². The standard InChI is InChI=1S/C13H17NO4/c1-8-12(16)10(7-11(15)18-8)14-13(17)9-5-3-2-4-6-9/h2-6,8,10-12,15-16H,7H2,1H3,(H,14,17)/t8-,10-,11?,12+/m1/s1. The van der Waals surface area contributed by atoms with Gasteiger partial charge in [0.2, 0.25) is 0 Å². The molecule has 5 heteroatoms. The summed E-state index contributed by atoms with van der Waals surface area (Å²) in [5, 5.41) is 22.1. The molecule has 0 saturated carbocycles. The van der Waals surface area contributed by atoms with Crippen LogP contribution in [0.1, 0.15) is 23.7 Å². The van der Waals surface area contributed by atoms with Crippen molar-refractivity contribution in [1.82, 2.24) is 5.32 Å². The lowest BCUT2D eigenvalue weighted by molar-refractivity contribution is -0.201. The fourth-order valence-corrected chi connectivity index (χ4v) is 2.05. The van der Waals surface area contributed by atoms with Gasteiger partial charge in [-0.15, -0.1) is 0 Å². The predicted molar refractivity (Wildman–Crippen MR) is 64.9 cm³/mol. The number of carbonyl (C=O) groups excluding carboxylic acids is 1. The van der Waals surface area contributed by atoms with Crippen LogP contribution < -0.4 is 5.32 Å². The van der Waals surface area contributed by atoms with Crippen LogP contribution in [0.4, 0.5) is 0 Å². The van der Waals surface area contributed by atoms with Gasteiger partial charge in [0.25, 0.3) is 5.91 Å². The number of hydrogen-bond acceptors (Lipinski definition) is 4. The predicted octanol–water partition coefficient (Wildman–Crippen LogP) is 0.273. The summed E-state index contributed by atoms with van der Waals surface area (Å²) in [7, 11) is 0. The third kappa shape index (κ3) is 2.87. The molecule has 4 atom stereocenters. The van der Waals surface area contributed by atoms with Gasteiger partial charge in [0.15, 0.2) is 6.29 Å². The Kier molecular flexibility index (Phi) is 3.96. The summed E-state index contributed by atoms with van der Waals surface area (Å²) in [5.74, 6) is -0.263. The molecule has 1 saturated heterocycles. The molecule has 18 heavy (non-hydrogen) atoms. The molecular formula is C13H17NO4. The van der Waals surface area contributed by atoms with Gasteiger partial charge in [-0.25, -0.2) is 0 Å². The van der Waals surface area contributed by atoms with Crippen molar-refractivity contribution < 1.29 is 19.7 Å². The fraction of sp³-hybridized carbons (Fsp3) is 0.462. The van der Waals surface area contributed by atoms with Crippen molar-refractivity contribution in [3.8, 4) is 0 Å². The van der Waals surface area contributed by atoms with Crippen LogP contribution in [0.2, 0.25) is 0 Å². The molecule has 0 bridgehead atoms. The largest absolute Gasteiger partial charge is 0.388 e. The molecule has 0 spiro atoms. The van der Waals surface area contributed by atoms with Crippen LogP contribution in [0.25, 0.3) is 0 Å². The molecule has 0 radical (unpaired) electrons. The summed E-state index contributed by atoms with van der Waals surface area (Å²) in [6.07, 6.45) is -2.09. The first-order valence-electron chi connectivity index (χ1n) is 5.95. The Morgan fingerprint density at radius 3 is 2.67 bits per heavy atom. The van der Waals surface area contributed by atoms with Gasteiger partial charge in [-0.2, -0.15) is 0 Å². The third-order valence-electron chi connectivity index (χ3n) is 3.07. The number of benzene rings is 1. The van der Waals surface area contributed by atoms with Gasteiger partial charge in [-0.05, 0) is 19.1 Å². The second-order valence-electron chi connectivity index (χ2n) is 4.47. The summed E-state index contributed by atoms with van der Waals surface area (Å²) >= 11 is 0. The zero-order valence-corrected chi connectivity index (χ0v) is 10.1. The van der Waals surface area contributed by atoms with Gasteiger partial charge < -0.3 is 20.3 Å². The summed E-state index contributed by atoms with van der Waals surface area (Å²) in [5.41, 5.74) is 0.526. The van der Waals surface area contributed by atoms with Crippen molar-refractivity contribution >= 4 is 5.91 Å². The molecule has 1 aliphatic rings. The molecule has 1 aromatic rings. The zero-order valence-electron chi connectivity index (χ0n) is 10.1. The van der Waals surface area contributed by atoms with E-state index in [0.29, 0.717) is 5.56 Å². The molecule has 0 aliphatic carbocycles. The van der Waals surface area contributed by atoms with E-state index in [9.17, 15) is 15.0 Å². The van der Waals surface area contributed by atoms with E-state index in [2.05, 4.69) is 5.32 Å². The van der Waals surface area contributed by atoms with Crippen molar-refractivity contribution in [2.75, 3.05) is 0 Å². The molecule has 1 fully saturated rings. The highest BCUT2D eigenvalue weighted by molar-refractivity contribution is 5.94. The number of ether oxygens (including phenoxy) is 1. The molecule has 1 amide bonds. The molecule has 1 heterocycles. The van der Waals surface area contributed by atoms with E-state index in [4.69, 9.17) is 4.74 Å². The highest BCUT2D eigenvalue weighted by Gasteiger charge is 2.35. The minimum atomic E-state index is -0.954. The van der Waals surface area contributed by atoms with Crippen molar-refractivity contribution in [1.29, 1.82) is 0 Å². The van der Waals surface area contributed by atoms with E-state index >= 15 is 0 Å². The van der Waals surface area contributed by atoms with Gasteiger partial charge in [0.1, 0.15) is 6.10 Å². The van der Waals surface area contributed by atoms with Gasteiger partial charge in [0.05, 0.1) is 12.1 Å². The minimum absolute atomic E-state index is 0.185. The highest BCUT2D eigenvalue weighted by Crippen LogP contribution is 2.19. The highest BCUT2D eigenvalue weighted by atomic mass is 16.6. The van der Waals surface area contributed by atoms with E-state index in [0.717, 1.165) is 0 Å². The van der Waals surface area contributed by atoms with Crippen LogP contribution in [0.5, 0.6) is 0 Å². The van der Waals surface area contributed by atoms with E-state index < -0.39 is 24.5 Å². The van der Waals surface area contributed by atoms with Crippen LogP contribution in [-0.2, 0) is 4.74 Å². The molecular weight excluding hydrogens is 234 g/mol. The van der Waals surface area contributed by atoms with Crippen molar-refractivity contribution in [2.45, 2.75) is 37.9 Å². The van der Waals surface area contributed by atoms with Crippen molar-refractivity contribution in [3.05, 3.63) is 35.9 Å². The lowest BCUT2D eigenvalue weighted by Gasteiger charge is -2.36. The van der Waals surface area contributed by atoms with Gasteiger partial charge in [-0.1, -0.05) is 18.2 Å². The van der Waals surface area contributed by atoms with E-state index in [1.807, 2.05) is 6.07 Å². The Labute approximate surface area is 105 Å². The van der Waals surface area contributed by atoms with Gasteiger partial charge >= 0.3 is 0 Å². The summed E-state index contributed by atoms with van der Waals surface area (Å²) in [6, 6.07) is 8.25. The Morgan fingerprint density at radius 1 is 1.33 bits per heavy atom. The Balaban J connectivity index is 2.02. The Morgan fingerprint density at radius 2 is 2.00 bits per heavy atom. The molecule has 98 valence electrons. The molecule has 2 rings (SSSR count). The second-order valence-corrected chi connectivity index (χ2v) is 4.47. The number of hydrogen-bond donors (Lipinski definition) is 3. The normalized spacial score (nSPS) is 31.9. The van der Waals surface area contributed by atoms with Crippen LogP contribution in [0.15, 0.2) is 30.3 Å². The maximum absolute atomic E-state index is 11.9. The number of amides is 1. The Hall–Kier alpha value is -1.43.